The zero-order valence-electron chi connectivity index (χ0n) is 3.88. The summed E-state index contributed by atoms with van der Waals surface area (Å²) < 4.78 is 4.17. The first-order valence-electron chi connectivity index (χ1n) is 1.38. The number of hydrogen-bond donors (Lipinski definition) is 0. The molecule has 4 nitrogen and oxygen atoms in total. The molecular formula is C2H2LiN3O. The topological polar surface area (TPSA) is 62.7 Å². The van der Waals surface area contributed by atoms with Crippen molar-refractivity contribution in [1.29, 1.82) is 0 Å². The van der Waals surface area contributed by atoms with Crippen molar-refractivity contribution >= 4 is 5.82 Å². The number of nitrogens with zero attached hydrogens (tertiary/aromatic N) is 2. The molecule has 1 rings (SSSR count). The second kappa shape index (κ2) is 2.67. The second-order valence-corrected chi connectivity index (χ2v) is 0.790. The molecule has 0 fully saturated rings. The maximum Gasteiger partial charge on any atom is 1.00 e. The van der Waals surface area contributed by atoms with Crippen LogP contribution in [0.15, 0.2) is 10.8 Å². The first kappa shape index (κ1) is 6.54. The van der Waals surface area contributed by atoms with E-state index >= 15 is 0 Å². The average molecular weight is 91.0 g/mol. The van der Waals surface area contributed by atoms with Crippen LogP contribution in [0.3, 0.4) is 0 Å². The molecule has 0 saturated carbocycles. The van der Waals surface area contributed by atoms with Gasteiger partial charge in [0.25, 0.3) is 0 Å². The van der Waals surface area contributed by atoms with Crippen molar-refractivity contribution in [3.05, 3.63) is 12.0 Å². The Kier molecular flexibility index (Phi) is 2.49. The number of aromatic nitrogens is 2. The summed E-state index contributed by atoms with van der Waals surface area (Å²) in [6.45, 7) is 0. The van der Waals surface area contributed by atoms with E-state index in [1.54, 1.807) is 0 Å². The fourth-order valence-corrected chi connectivity index (χ4v) is 0.165. The van der Waals surface area contributed by atoms with Gasteiger partial charge in [0.1, 0.15) is 6.26 Å². The van der Waals surface area contributed by atoms with Crippen molar-refractivity contribution in [1.82, 2.24) is 10.4 Å². The third kappa shape index (κ3) is 1.62. The smallest absolute Gasteiger partial charge is 0.478 e. The van der Waals surface area contributed by atoms with Gasteiger partial charge in [-0.25, -0.2) is 0 Å². The van der Waals surface area contributed by atoms with E-state index in [4.69, 9.17) is 5.73 Å². The zero-order valence-corrected chi connectivity index (χ0v) is 3.88. The monoisotopic (exact) mass is 91.0 g/mol. The molecule has 0 spiro atoms. The fraction of sp³-hybridized carbons (Fsp3) is 0. The molecule has 0 bridgehead atoms. The Labute approximate surface area is 52.2 Å². The third-order valence-corrected chi connectivity index (χ3v) is 0.360. The largest absolute Gasteiger partial charge is 1.00 e. The summed E-state index contributed by atoms with van der Waals surface area (Å²) in [5.74, 6) is 0.0648. The molecule has 0 atom stereocenters. The molecular weight excluding hydrogens is 89.0 g/mol. The maximum absolute atomic E-state index is 6.61. The van der Waals surface area contributed by atoms with Crippen molar-refractivity contribution in [3.63, 3.8) is 0 Å². The van der Waals surface area contributed by atoms with E-state index in [9.17, 15) is 0 Å². The van der Waals surface area contributed by atoms with Gasteiger partial charge in [0.2, 0.25) is 0 Å². The third-order valence-electron chi connectivity index (χ3n) is 0.360. The van der Waals surface area contributed by atoms with Crippen LogP contribution < -0.4 is 18.9 Å². The molecule has 0 aliphatic carbocycles. The van der Waals surface area contributed by atoms with Gasteiger partial charge in [-0.05, 0) is 5.82 Å². The van der Waals surface area contributed by atoms with Gasteiger partial charge >= 0.3 is 18.9 Å². The number of hydrogen-bond acceptors (Lipinski definition) is 3. The molecule has 5 heteroatoms. The number of rotatable bonds is 0. The van der Waals surface area contributed by atoms with Crippen molar-refractivity contribution in [2.24, 2.45) is 0 Å². The summed E-state index contributed by atoms with van der Waals surface area (Å²) in [5.41, 5.74) is 6.61. The molecule has 0 aliphatic heterocycles. The maximum atomic E-state index is 6.61. The normalized spacial score (nSPS) is 7.43. The van der Waals surface area contributed by atoms with Crippen LogP contribution in [0.1, 0.15) is 0 Å². The van der Waals surface area contributed by atoms with E-state index in [2.05, 4.69) is 14.9 Å². The van der Waals surface area contributed by atoms with Crippen LogP contribution in [0.4, 0.5) is 5.82 Å². The Hall–Kier alpha value is -0.463. The molecule has 0 radical (unpaired) electrons. The van der Waals surface area contributed by atoms with Crippen LogP contribution in [0.5, 0.6) is 0 Å². The molecule has 0 aliphatic rings. The van der Waals surface area contributed by atoms with E-state index in [-0.39, 0.29) is 24.7 Å². The first-order valence-corrected chi connectivity index (χ1v) is 1.38. The van der Waals surface area contributed by atoms with Crippen molar-refractivity contribution in [2.75, 3.05) is 0 Å². The predicted molar refractivity (Wildman–Crippen MR) is 18.3 cm³/mol. The predicted octanol–water partition coefficient (Wildman–Crippen LogP) is -2.24. The zero-order chi connectivity index (χ0) is 4.41. The minimum Gasteiger partial charge on any atom is -0.478 e. The van der Waals surface area contributed by atoms with Gasteiger partial charge in [-0.1, -0.05) is 5.27 Å². The van der Waals surface area contributed by atoms with Gasteiger partial charge in [0.15, 0.2) is 0 Å². The Morgan fingerprint density at radius 1 is 1.71 bits per heavy atom. The van der Waals surface area contributed by atoms with Crippen LogP contribution in [-0.2, 0) is 0 Å². The van der Waals surface area contributed by atoms with Gasteiger partial charge in [-0.15, -0.1) is 0 Å². The molecule has 1 aromatic rings. The summed E-state index contributed by atoms with van der Waals surface area (Å²) in [5, 5.41) is 6.18. The summed E-state index contributed by atoms with van der Waals surface area (Å²) in [4.78, 5) is 0. The van der Waals surface area contributed by atoms with Gasteiger partial charge in [-0.2, -0.15) is 0 Å². The second-order valence-electron chi connectivity index (χ2n) is 0.790. The Balaban J connectivity index is 0.000000360. The molecule has 0 unspecified atom stereocenters. The molecule has 1 aromatic heterocycles. The molecule has 0 aromatic carbocycles. The number of nitrogens with one attached hydrogen (secondary N) is 1. The molecule has 7 heavy (non-hydrogen) atoms. The summed E-state index contributed by atoms with van der Waals surface area (Å²) in [6, 6.07) is 0. The average Bonchev–Trinajstić information content (AvgIpc) is 1.86. The van der Waals surface area contributed by atoms with E-state index in [0.29, 0.717) is 0 Å². The molecule has 1 heterocycles. The SMILES string of the molecule is [Li+].[NH-]c1conn1. The van der Waals surface area contributed by atoms with Gasteiger partial charge < -0.3 is 15.4 Å². The Morgan fingerprint density at radius 2 is 2.43 bits per heavy atom. The van der Waals surface area contributed by atoms with Crippen LogP contribution in [0.2, 0.25) is 0 Å². The van der Waals surface area contributed by atoms with Crippen LogP contribution in [-0.4, -0.2) is 10.4 Å². The van der Waals surface area contributed by atoms with E-state index in [0.717, 1.165) is 6.26 Å². The Morgan fingerprint density at radius 3 is 2.57 bits per heavy atom. The van der Waals surface area contributed by atoms with Crippen molar-refractivity contribution in [3.8, 4) is 0 Å². The van der Waals surface area contributed by atoms with Gasteiger partial charge in [0.05, 0.1) is 0 Å². The molecule has 0 amide bonds. The quantitative estimate of drug-likeness (QED) is 0.339. The summed E-state index contributed by atoms with van der Waals surface area (Å²) in [7, 11) is 0. The summed E-state index contributed by atoms with van der Waals surface area (Å²) >= 11 is 0. The first-order chi connectivity index (χ1) is 2.89. The van der Waals surface area contributed by atoms with E-state index in [1.807, 2.05) is 0 Å². The van der Waals surface area contributed by atoms with Crippen LogP contribution in [0, 0.1) is 0 Å². The minimum atomic E-state index is 0. The standard InChI is InChI=1S/C2H2N3O.Li/c3-2-1-6-5-4-2;/h1,3H;/q-1;+1. The van der Waals surface area contributed by atoms with Crippen LogP contribution >= 0.6 is 0 Å². The van der Waals surface area contributed by atoms with Gasteiger partial charge in [0, 0.05) is 0 Å². The van der Waals surface area contributed by atoms with E-state index < -0.39 is 0 Å². The molecule has 1 N–H and O–H groups in total. The van der Waals surface area contributed by atoms with Crippen molar-refractivity contribution in [2.45, 2.75) is 0 Å². The van der Waals surface area contributed by atoms with E-state index in [1.165, 1.54) is 0 Å². The minimum absolute atomic E-state index is 0. The Bertz CT molecular complexity index is 116. The van der Waals surface area contributed by atoms with Gasteiger partial charge in [-0.3, -0.25) is 0 Å². The summed E-state index contributed by atoms with van der Waals surface area (Å²) in [6.07, 6.45) is 1.15. The molecule has 0 saturated heterocycles. The van der Waals surface area contributed by atoms with Crippen molar-refractivity contribution < 1.29 is 23.4 Å². The van der Waals surface area contributed by atoms with Crippen LogP contribution in [0.25, 0.3) is 5.73 Å². The molecule has 32 valence electrons. The fourth-order valence-electron chi connectivity index (χ4n) is 0.165.